The van der Waals surface area contributed by atoms with Gasteiger partial charge in [-0.25, -0.2) is 19.3 Å². The third-order valence-electron chi connectivity index (χ3n) is 5.47. The number of benzene rings is 2. The summed E-state index contributed by atoms with van der Waals surface area (Å²) in [6.45, 7) is 0. The average molecular weight is 436 g/mol. The summed E-state index contributed by atoms with van der Waals surface area (Å²) < 4.78 is 20.7. The van der Waals surface area contributed by atoms with E-state index in [2.05, 4.69) is 15.3 Å². The Morgan fingerprint density at radius 2 is 2.00 bits per heavy atom. The van der Waals surface area contributed by atoms with Crippen LogP contribution in [0.5, 0.6) is 5.75 Å². The quantitative estimate of drug-likeness (QED) is 0.461. The van der Waals surface area contributed by atoms with Crippen LogP contribution in [0.15, 0.2) is 61.2 Å². The molecule has 1 atom stereocenters. The van der Waals surface area contributed by atoms with E-state index >= 15 is 0 Å². The molecule has 1 aliphatic rings. The highest BCUT2D eigenvalue weighted by Crippen LogP contribution is 2.37. The Labute approximate surface area is 183 Å². The molecule has 0 fully saturated rings. The van der Waals surface area contributed by atoms with Crippen LogP contribution < -0.4 is 10.1 Å². The van der Waals surface area contributed by atoms with Gasteiger partial charge < -0.3 is 14.6 Å². The first kappa shape index (κ1) is 19.5. The van der Waals surface area contributed by atoms with Crippen molar-refractivity contribution in [2.45, 2.75) is 18.8 Å². The Hall–Kier alpha value is -3.45. The molecule has 1 unspecified atom stereocenters. The number of ether oxygens (including phenoxy) is 1. The number of methoxy groups -OCH3 is 1. The van der Waals surface area contributed by atoms with Crippen LogP contribution in [0.2, 0.25) is 5.15 Å². The lowest BCUT2D eigenvalue weighted by molar-refractivity contribution is 0.413. The van der Waals surface area contributed by atoms with Gasteiger partial charge in [-0.1, -0.05) is 23.7 Å². The maximum absolute atomic E-state index is 13.3. The Kier molecular flexibility index (Phi) is 5.03. The van der Waals surface area contributed by atoms with Crippen molar-refractivity contribution in [3.63, 3.8) is 0 Å². The number of imidazole rings is 1. The molecule has 1 aliphatic carbocycles. The summed E-state index contributed by atoms with van der Waals surface area (Å²) >= 11 is 5.93. The van der Waals surface area contributed by atoms with Gasteiger partial charge in [-0.3, -0.25) is 0 Å². The number of halogens is 2. The minimum atomic E-state index is -0.234. The van der Waals surface area contributed by atoms with E-state index in [9.17, 15) is 4.39 Å². The van der Waals surface area contributed by atoms with Crippen LogP contribution in [0.4, 0.5) is 16.0 Å². The van der Waals surface area contributed by atoms with Crippen LogP contribution in [-0.4, -0.2) is 26.6 Å². The highest BCUT2D eigenvalue weighted by atomic mass is 35.5. The minimum absolute atomic E-state index is 0.141. The molecule has 0 amide bonds. The second kappa shape index (κ2) is 8.00. The van der Waals surface area contributed by atoms with E-state index in [0.29, 0.717) is 16.9 Å². The molecule has 0 saturated heterocycles. The summed E-state index contributed by atoms with van der Waals surface area (Å²) in [5.41, 5.74) is 4.79. The summed E-state index contributed by atoms with van der Waals surface area (Å²) in [5.74, 6) is 1.07. The molecule has 8 heteroatoms. The maximum atomic E-state index is 13.3. The van der Waals surface area contributed by atoms with Crippen LogP contribution in [0.1, 0.15) is 29.2 Å². The highest BCUT2D eigenvalue weighted by Gasteiger charge is 2.26. The number of nitrogens with zero attached hydrogens (tertiary/aromatic N) is 4. The molecule has 156 valence electrons. The first-order valence-corrected chi connectivity index (χ1v) is 10.2. The van der Waals surface area contributed by atoms with Gasteiger partial charge in [-0.05, 0) is 48.2 Å². The second-order valence-corrected chi connectivity index (χ2v) is 7.75. The zero-order valence-corrected chi connectivity index (χ0v) is 17.5. The first-order chi connectivity index (χ1) is 15.1. The normalized spacial score (nSPS) is 15.0. The molecule has 0 aliphatic heterocycles. The molecule has 2 aromatic carbocycles. The fourth-order valence-electron chi connectivity index (χ4n) is 3.96. The van der Waals surface area contributed by atoms with Gasteiger partial charge in [0.2, 0.25) is 5.95 Å². The van der Waals surface area contributed by atoms with Gasteiger partial charge in [0.15, 0.2) is 0 Å². The van der Waals surface area contributed by atoms with Crippen molar-refractivity contribution in [1.82, 2.24) is 19.5 Å². The minimum Gasteiger partial charge on any atom is -0.494 e. The van der Waals surface area contributed by atoms with Crippen molar-refractivity contribution >= 4 is 23.2 Å². The molecular weight excluding hydrogens is 417 g/mol. The third kappa shape index (κ3) is 3.84. The second-order valence-electron chi connectivity index (χ2n) is 7.36. The number of nitrogens with one attached hydrogen (secondary N) is 1. The number of anilines is 2. The summed E-state index contributed by atoms with van der Waals surface area (Å²) in [7, 11) is 1.61. The van der Waals surface area contributed by atoms with E-state index < -0.39 is 0 Å². The van der Waals surface area contributed by atoms with E-state index in [1.165, 1.54) is 12.1 Å². The van der Waals surface area contributed by atoms with Gasteiger partial charge in [0.25, 0.3) is 0 Å². The lowest BCUT2D eigenvalue weighted by Gasteiger charge is -2.14. The number of fused-ring (bicyclic) bond motifs is 1. The number of hydrogen-bond donors (Lipinski definition) is 1. The van der Waals surface area contributed by atoms with Crippen molar-refractivity contribution in [3.8, 4) is 11.4 Å². The topological polar surface area (TPSA) is 64.9 Å². The molecule has 0 spiro atoms. The van der Waals surface area contributed by atoms with Crippen molar-refractivity contribution < 1.29 is 9.13 Å². The van der Waals surface area contributed by atoms with Crippen molar-refractivity contribution in [2.24, 2.45) is 0 Å². The number of rotatable bonds is 5. The standard InChI is InChI=1S/C23H19ClFN5O/c1-31-20-10-17(7-9-19(20)30-12-21(24)27-13-30)28-23-26-11-15-4-8-18(22(15)29-23)14-2-5-16(25)6-3-14/h2-3,5-7,9-13,18H,4,8H2,1H3,(H,26,28,29). The molecule has 0 saturated carbocycles. The summed E-state index contributed by atoms with van der Waals surface area (Å²) in [4.78, 5) is 13.3. The van der Waals surface area contributed by atoms with E-state index in [-0.39, 0.29) is 11.7 Å². The SMILES string of the molecule is COc1cc(Nc2ncc3c(n2)C(c2ccc(F)cc2)CC3)ccc1-n1cnc(Cl)c1. The van der Waals surface area contributed by atoms with E-state index in [4.69, 9.17) is 21.3 Å². The van der Waals surface area contributed by atoms with Crippen molar-refractivity contribution in [2.75, 3.05) is 12.4 Å². The maximum Gasteiger partial charge on any atom is 0.227 e. The monoisotopic (exact) mass is 435 g/mol. The molecule has 0 bridgehead atoms. The van der Waals surface area contributed by atoms with Gasteiger partial charge >= 0.3 is 0 Å². The molecule has 31 heavy (non-hydrogen) atoms. The number of aryl methyl sites for hydroxylation is 1. The predicted octanol–water partition coefficient (Wildman–Crippen LogP) is 5.29. The smallest absolute Gasteiger partial charge is 0.227 e. The highest BCUT2D eigenvalue weighted by molar-refractivity contribution is 6.29. The molecule has 0 radical (unpaired) electrons. The summed E-state index contributed by atoms with van der Waals surface area (Å²) in [6.07, 6.45) is 7.06. The zero-order valence-electron chi connectivity index (χ0n) is 16.7. The predicted molar refractivity (Wildman–Crippen MR) is 117 cm³/mol. The molecule has 2 aromatic heterocycles. The Balaban J connectivity index is 1.42. The van der Waals surface area contributed by atoms with Gasteiger partial charge in [-0.15, -0.1) is 0 Å². The fraction of sp³-hybridized carbons (Fsp3) is 0.174. The largest absolute Gasteiger partial charge is 0.494 e. The molecule has 6 nitrogen and oxygen atoms in total. The van der Waals surface area contributed by atoms with Crippen molar-refractivity contribution in [1.29, 1.82) is 0 Å². The van der Waals surface area contributed by atoms with Crippen LogP contribution in [0.25, 0.3) is 5.69 Å². The Morgan fingerprint density at radius 3 is 2.74 bits per heavy atom. The third-order valence-corrected chi connectivity index (χ3v) is 5.66. The van der Waals surface area contributed by atoms with Crippen LogP contribution in [0, 0.1) is 5.82 Å². The Morgan fingerprint density at radius 1 is 1.16 bits per heavy atom. The molecule has 4 aromatic rings. The van der Waals surface area contributed by atoms with Gasteiger partial charge in [0, 0.05) is 30.1 Å². The Bertz CT molecular complexity index is 1240. The van der Waals surface area contributed by atoms with Crippen LogP contribution in [-0.2, 0) is 6.42 Å². The van der Waals surface area contributed by atoms with Gasteiger partial charge in [0.05, 0.1) is 18.5 Å². The van der Waals surface area contributed by atoms with E-state index in [0.717, 1.165) is 41.0 Å². The lowest BCUT2D eigenvalue weighted by atomic mass is 9.97. The van der Waals surface area contributed by atoms with E-state index in [1.54, 1.807) is 24.2 Å². The first-order valence-electron chi connectivity index (χ1n) is 9.87. The number of aromatic nitrogens is 4. The summed E-state index contributed by atoms with van der Waals surface area (Å²) in [6, 6.07) is 12.3. The molecule has 5 rings (SSSR count). The average Bonchev–Trinajstić information content (AvgIpc) is 3.40. The van der Waals surface area contributed by atoms with E-state index in [1.807, 2.05) is 36.5 Å². The van der Waals surface area contributed by atoms with Gasteiger partial charge in [0.1, 0.15) is 23.0 Å². The fourth-order valence-corrected chi connectivity index (χ4v) is 4.11. The molecule has 1 N–H and O–H groups in total. The van der Waals surface area contributed by atoms with Crippen LogP contribution >= 0.6 is 11.6 Å². The van der Waals surface area contributed by atoms with Gasteiger partial charge in [-0.2, -0.15) is 0 Å². The number of hydrogen-bond acceptors (Lipinski definition) is 5. The van der Waals surface area contributed by atoms with Crippen molar-refractivity contribution in [3.05, 3.63) is 89.0 Å². The molecule has 2 heterocycles. The van der Waals surface area contributed by atoms with Crippen LogP contribution in [0.3, 0.4) is 0 Å². The molecular formula is C23H19ClFN5O. The summed E-state index contributed by atoms with van der Waals surface area (Å²) in [5, 5.41) is 3.67. The zero-order chi connectivity index (χ0) is 21.4. The lowest BCUT2D eigenvalue weighted by Crippen LogP contribution is -2.04.